The van der Waals surface area contributed by atoms with Crippen molar-refractivity contribution in [3.8, 4) is 6.07 Å². The number of rotatable bonds is 5. The van der Waals surface area contributed by atoms with E-state index in [2.05, 4.69) is 18.3 Å². The highest BCUT2D eigenvalue weighted by Gasteiger charge is 2.14. The average molecular weight is 330 g/mol. The molecule has 0 aliphatic carbocycles. The van der Waals surface area contributed by atoms with Crippen LogP contribution in [-0.2, 0) is 11.2 Å². The standard InChI is InChI=1S/C17H18N2OS2/c1-4-21-14-7-5-13(6-8-14)9-16(20)19-17-15(10-18)11(2)12(3)22-17/h5-8H,4,9H2,1-3H3,(H,19,20). The average Bonchev–Trinajstić information content (AvgIpc) is 2.75. The zero-order valence-electron chi connectivity index (χ0n) is 12.9. The maximum absolute atomic E-state index is 12.2. The predicted molar refractivity (Wildman–Crippen MR) is 93.7 cm³/mol. The van der Waals surface area contributed by atoms with Crippen LogP contribution in [0, 0.1) is 25.2 Å². The third kappa shape index (κ3) is 3.90. The van der Waals surface area contributed by atoms with E-state index < -0.39 is 0 Å². The Labute approximate surface area is 139 Å². The molecule has 1 amide bonds. The van der Waals surface area contributed by atoms with Crippen LogP contribution < -0.4 is 5.32 Å². The molecule has 0 saturated carbocycles. The van der Waals surface area contributed by atoms with Gasteiger partial charge < -0.3 is 5.32 Å². The Morgan fingerprint density at radius 3 is 2.59 bits per heavy atom. The van der Waals surface area contributed by atoms with Gasteiger partial charge in [0.25, 0.3) is 0 Å². The third-order valence-electron chi connectivity index (χ3n) is 3.35. The van der Waals surface area contributed by atoms with Crippen LogP contribution in [0.4, 0.5) is 5.00 Å². The van der Waals surface area contributed by atoms with Crippen LogP contribution in [0.5, 0.6) is 0 Å². The highest BCUT2D eigenvalue weighted by molar-refractivity contribution is 7.99. The number of nitrogens with zero attached hydrogens (tertiary/aromatic N) is 1. The van der Waals surface area contributed by atoms with Gasteiger partial charge >= 0.3 is 0 Å². The predicted octanol–water partition coefficient (Wildman–Crippen LogP) is 4.53. The molecule has 3 nitrogen and oxygen atoms in total. The van der Waals surface area contributed by atoms with E-state index >= 15 is 0 Å². The number of nitrogens with one attached hydrogen (secondary N) is 1. The Bertz CT molecular complexity index is 711. The smallest absolute Gasteiger partial charge is 0.229 e. The summed E-state index contributed by atoms with van der Waals surface area (Å²) in [6.45, 7) is 5.98. The van der Waals surface area contributed by atoms with Crippen LogP contribution in [0.3, 0.4) is 0 Å². The van der Waals surface area contributed by atoms with E-state index in [0.29, 0.717) is 17.0 Å². The van der Waals surface area contributed by atoms with Gasteiger partial charge in [0.05, 0.1) is 12.0 Å². The number of thioether (sulfide) groups is 1. The minimum Gasteiger partial charge on any atom is -0.316 e. The first kappa shape index (κ1) is 16.6. The molecular weight excluding hydrogens is 312 g/mol. The van der Waals surface area contributed by atoms with Crippen molar-refractivity contribution < 1.29 is 4.79 Å². The van der Waals surface area contributed by atoms with Crippen molar-refractivity contribution in [1.82, 2.24) is 0 Å². The highest BCUT2D eigenvalue weighted by atomic mass is 32.2. The molecule has 0 fully saturated rings. The molecular formula is C17H18N2OS2. The Morgan fingerprint density at radius 1 is 1.32 bits per heavy atom. The SMILES string of the molecule is CCSc1ccc(CC(=O)Nc2sc(C)c(C)c2C#N)cc1. The van der Waals surface area contributed by atoms with Gasteiger partial charge in [-0.15, -0.1) is 23.1 Å². The van der Waals surface area contributed by atoms with Gasteiger partial charge in [-0.05, 0) is 42.9 Å². The van der Waals surface area contributed by atoms with Crippen LogP contribution in [0.15, 0.2) is 29.2 Å². The molecule has 0 saturated heterocycles. The maximum atomic E-state index is 12.2. The number of amides is 1. The first-order valence-corrected chi connectivity index (χ1v) is 8.87. The third-order valence-corrected chi connectivity index (χ3v) is 5.37. The van der Waals surface area contributed by atoms with E-state index in [1.54, 1.807) is 11.8 Å². The van der Waals surface area contributed by atoms with Crippen LogP contribution in [0.2, 0.25) is 0 Å². The number of carbonyl (C=O) groups excluding carboxylic acids is 1. The van der Waals surface area contributed by atoms with Crippen molar-refractivity contribution in [3.63, 3.8) is 0 Å². The summed E-state index contributed by atoms with van der Waals surface area (Å²) in [5.41, 5.74) is 2.50. The lowest BCUT2D eigenvalue weighted by molar-refractivity contribution is -0.115. The molecule has 0 bridgehead atoms. The summed E-state index contributed by atoms with van der Waals surface area (Å²) < 4.78 is 0. The van der Waals surface area contributed by atoms with Gasteiger partial charge in [0, 0.05) is 9.77 Å². The number of aryl methyl sites for hydroxylation is 1. The van der Waals surface area contributed by atoms with Crippen LogP contribution in [0.25, 0.3) is 0 Å². The van der Waals surface area contributed by atoms with E-state index in [9.17, 15) is 10.1 Å². The lowest BCUT2D eigenvalue weighted by Gasteiger charge is -2.05. The minimum absolute atomic E-state index is 0.0892. The first-order valence-electron chi connectivity index (χ1n) is 7.06. The summed E-state index contributed by atoms with van der Waals surface area (Å²) in [5, 5.41) is 12.7. The van der Waals surface area contributed by atoms with Crippen LogP contribution in [0.1, 0.15) is 28.5 Å². The molecule has 1 aromatic heterocycles. The molecule has 1 aromatic carbocycles. The molecule has 5 heteroatoms. The Hall–Kier alpha value is -1.77. The van der Waals surface area contributed by atoms with Gasteiger partial charge in [-0.2, -0.15) is 5.26 Å². The molecule has 0 aliphatic heterocycles. The number of hydrogen-bond donors (Lipinski definition) is 1. The second kappa shape index (κ2) is 7.48. The van der Waals surface area contributed by atoms with Gasteiger partial charge in [0.15, 0.2) is 0 Å². The molecule has 114 valence electrons. The quantitative estimate of drug-likeness (QED) is 0.820. The molecule has 0 atom stereocenters. The molecule has 2 aromatic rings. The number of benzene rings is 1. The number of thiophene rings is 1. The zero-order chi connectivity index (χ0) is 16.1. The fourth-order valence-corrected chi connectivity index (χ4v) is 3.76. The molecule has 2 rings (SSSR count). The number of carbonyl (C=O) groups is 1. The first-order chi connectivity index (χ1) is 10.5. The normalized spacial score (nSPS) is 10.3. The second-order valence-electron chi connectivity index (χ2n) is 4.90. The van der Waals surface area contributed by atoms with Gasteiger partial charge in [-0.3, -0.25) is 4.79 Å². The summed E-state index contributed by atoms with van der Waals surface area (Å²) in [6, 6.07) is 10.2. The fourth-order valence-electron chi connectivity index (χ4n) is 2.08. The zero-order valence-corrected chi connectivity index (χ0v) is 14.5. The van der Waals surface area contributed by atoms with Crippen LogP contribution >= 0.6 is 23.1 Å². The van der Waals surface area contributed by atoms with Gasteiger partial charge in [-0.1, -0.05) is 19.1 Å². The summed E-state index contributed by atoms with van der Waals surface area (Å²) in [5.74, 6) is 0.946. The monoisotopic (exact) mass is 330 g/mol. The minimum atomic E-state index is -0.0892. The lowest BCUT2D eigenvalue weighted by Crippen LogP contribution is -2.14. The Balaban J connectivity index is 2.04. The summed E-state index contributed by atoms with van der Waals surface area (Å²) in [7, 11) is 0. The summed E-state index contributed by atoms with van der Waals surface area (Å²) in [6.07, 6.45) is 0.317. The number of anilines is 1. The van der Waals surface area contributed by atoms with Crippen molar-refractivity contribution in [1.29, 1.82) is 5.26 Å². The topological polar surface area (TPSA) is 52.9 Å². The van der Waals surface area contributed by atoms with Crippen molar-refractivity contribution in [2.75, 3.05) is 11.1 Å². The Morgan fingerprint density at radius 2 is 2.00 bits per heavy atom. The van der Waals surface area contributed by atoms with Gasteiger partial charge in [-0.25, -0.2) is 0 Å². The Kier molecular flexibility index (Phi) is 5.64. The second-order valence-corrected chi connectivity index (χ2v) is 7.46. The highest BCUT2D eigenvalue weighted by Crippen LogP contribution is 2.31. The van der Waals surface area contributed by atoms with E-state index in [-0.39, 0.29) is 5.91 Å². The fraction of sp³-hybridized carbons (Fsp3) is 0.294. The van der Waals surface area contributed by atoms with E-state index in [4.69, 9.17) is 0 Å². The van der Waals surface area contributed by atoms with Crippen molar-refractivity contribution in [3.05, 3.63) is 45.8 Å². The molecule has 22 heavy (non-hydrogen) atoms. The van der Waals surface area contributed by atoms with E-state index in [1.165, 1.54) is 16.2 Å². The number of nitriles is 1. The maximum Gasteiger partial charge on any atom is 0.229 e. The molecule has 0 radical (unpaired) electrons. The molecule has 0 unspecified atom stereocenters. The summed E-state index contributed by atoms with van der Waals surface area (Å²) in [4.78, 5) is 14.4. The van der Waals surface area contributed by atoms with Gasteiger partial charge in [0.2, 0.25) is 5.91 Å². The van der Waals surface area contributed by atoms with E-state index in [0.717, 1.165) is 21.8 Å². The van der Waals surface area contributed by atoms with Gasteiger partial charge in [0.1, 0.15) is 11.1 Å². The van der Waals surface area contributed by atoms with E-state index in [1.807, 2.05) is 38.1 Å². The largest absolute Gasteiger partial charge is 0.316 e. The lowest BCUT2D eigenvalue weighted by atomic mass is 10.1. The molecule has 1 heterocycles. The van der Waals surface area contributed by atoms with Crippen LogP contribution in [-0.4, -0.2) is 11.7 Å². The summed E-state index contributed by atoms with van der Waals surface area (Å²) >= 11 is 3.24. The molecule has 0 aliphatic rings. The van der Waals surface area contributed by atoms with Crippen molar-refractivity contribution >= 4 is 34.0 Å². The molecule has 1 N–H and O–H groups in total. The number of hydrogen-bond acceptors (Lipinski definition) is 4. The molecule has 0 spiro atoms. The van der Waals surface area contributed by atoms with Crippen molar-refractivity contribution in [2.45, 2.75) is 32.1 Å². The van der Waals surface area contributed by atoms with Crippen molar-refractivity contribution in [2.24, 2.45) is 0 Å².